The lowest BCUT2D eigenvalue weighted by molar-refractivity contribution is 0.340. The second kappa shape index (κ2) is 7.61. The minimum atomic E-state index is 0.557. The molecule has 1 heteroatoms. The third kappa shape index (κ3) is 4.31. The van der Waals surface area contributed by atoms with Crippen molar-refractivity contribution in [3.8, 4) is 0 Å². The SMILES string of the molecule is CNC(C)CC=CC1CC(c2ccccc2)=CC(C)C1C. The van der Waals surface area contributed by atoms with Crippen LogP contribution in [-0.2, 0) is 0 Å². The molecule has 0 aromatic heterocycles. The summed E-state index contributed by atoms with van der Waals surface area (Å²) in [5.41, 5.74) is 2.90. The third-order valence-corrected chi connectivity index (χ3v) is 4.93. The Kier molecular flexibility index (Phi) is 5.81. The summed E-state index contributed by atoms with van der Waals surface area (Å²) in [6, 6.07) is 11.4. The maximum Gasteiger partial charge on any atom is 0.00702 e. The van der Waals surface area contributed by atoms with Gasteiger partial charge >= 0.3 is 0 Å². The van der Waals surface area contributed by atoms with Crippen molar-refractivity contribution in [3.05, 3.63) is 54.1 Å². The third-order valence-electron chi connectivity index (χ3n) is 4.93. The highest BCUT2D eigenvalue weighted by Crippen LogP contribution is 2.38. The molecule has 0 amide bonds. The Bertz CT molecular complexity index is 486. The molecule has 4 atom stereocenters. The maximum atomic E-state index is 3.29. The summed E-state index contributed by atoms with van der Waals surface area (Å²) in [6.45, 7) is 6.97. The number of allylic oxidation sites excluding steroid dienone is 3. The Morgan fingerprint density at radius 3 is 2.62 bits per heavy atom. The molecule has 0 radical (unpaired) electrons. The molecule has 1 N–H and O–H groups in total. The van der Waals surface area contributed by atoms with Crippen LogP contribution in [-0.4, -0.2) is 13.1 Å². The number of rotatable bonds is 5. The first-order valence-corrected chi connectivity index (χ1v) is 8.22. The zero-order valence-corrected chi connectivity index (χ0v) is 13.8. The summed E-state index contributed by atoms with van der Waals surface area (Å²) in [6.07, 6.45) is 9.56. The monoisotopic (exact) mass is 283 g/mol. The molecule has 0 bridgehead atoms. The Hall–Kier alpha value is -1.34. The molecule has 1 nitrogen and oxygen atoms in total. The summed E-state index contributed by atoms with van der Waals surface area (Å²) in [7, 11) is 2.03. The van der Waals surface area contributed by atoms with Crippen molar-refractivity contribution in [3.63, 3.8) is 0 Å². The summed E-state index contributed by atoms with van der Waals surface area (Å²) in [5, 5.41) is 3.29. The molecule has 4 unspecified atom stereocenters. The van der Waals surface area contributed by atoms with Gasteiger partial charge in [0.1, 0.15) is 0 Å². The highest BCUT2D eigenvalue weighted by atomic mass is 14.8. The van der Waals surface area contributed by atoms with Crippen LogP contribution in [0.1, 0.15) is 39.2 Å². The van der Waals surface area contributed by atoms with Crippen LogP contribution < -0.4 is 5.32 Å². The van der Waals surface area contributed by atoms with E-state index in [4.69, 9.17) is 0 Å². The van der Waals surface area contributed by atoms with Crippen LogP contribution in [0.3, 0.4) is 0 Å². The van der Waals surface area contributed by atoms with Crippen molar-refractivity contribution in [2.75, 3.05) is 7.05 Å². The van der Waals surface area contributed by atoms with Gasteiger partial charge in [-0.25, -0.2) is 0 Å². The van der Waals surface area contributed by atoms with E-state index < -0.39 is 0 Å². The molecule has 1 aromatic carbocycles. The van der Waals surface area contributed by atoms with Gasteiger partial charge in [-0.05, 0) is 55.7 Å². The second-order valence-electron chi connectivity index (χ2n) is 6.50. The fourth-order valence-electron chi connectivity index (χ4n) is 3.05. The molecule has 1 aromatic rings. The van der Waals surface area contributed by atoms with Gasteiger partial charge in [-0.1, -0.05) is 62.4 Å². The standard InChI is InChI=1S/C20H29N/c1-15-13-20(18-10-6-5-7-11-18)14-19(17(15)3)12-8-9-16(2)21-4/h5-8,10-13,15-17,19,21H,9,14H2,1-4H3. The van der Waals surface area contributed by atoms with Crippen LogP contribution >= 0.6 is 0 Å². The molecular weight excluding hydrogens is 254 g/mol. The summed E-state index contributed by atoms with van der Waals surface area (Å²) in [5.74, 6) is 2.02. The molecule has 2 rings (SSSR count). The molecule has 1 aliphatic rings. The minimum absolute atomic E-state index is 0.557. The van der Waals surface area contributed by atoms with Gasteiger partial charge in [-0.2, -0.15) is 0 Å². The van der Waals surface area contributed by atoms with Crippen LogP contribution in [0.25, 0.3) is 5.57 Å². The van der Waals surface area contributed by atoms with E-state index in [-0.39, 0.29) is 0 Å². The molecule has 0 saturated carbocycles. The predicted molar refractivity (Wildman–Crippen MR) is 93.1 cm³/mol. The van der Waals surface area contributed by atoms with Gasteiger partial charge in [0.05, 0.1) is 0 Å². The van der Waals surface area contributed by atoms with Gasteiger partial charge in [0, 0.05) is 6.04 Å². The first-order valence-electron chi connectivity index (χ1n) is 8.22. The van der Waals surface area contributed by atoms with Gasteiger partial charge in [0.2, 0.25) is 0 Å². The van der Waals surface area contributed by atoms with E-state index in [0.717, 1.165) is 12.3 Å². The van der Waals surface area contributed by atoms with Crippen molar-refractivity contribution < 1.29 is 0 Å². The van der Waals surface area contributed by atoms with Crippen LogP contribution in [0.5, 0.6) is 0 Å². The fraction of sp³-hybridized carbons (Fsp3) is 0.500. The summed E-state index contributed by atoms with van der Waals surface area (Å²) < 4.78 is 0. The van der Waals surface area contributed by atoms with Gasteiger partial charge in [-0.3, -0.25) is 0 Å². The van der Waals surface area contributed by atoms with E-state index in [2.05, 4.69) is 74.6 Å². The van der Waals surface area contributed by atoms with Gasteiger partial charge in [0.25, 0.3) is 0 Å². The molecular formula is C20H29N. The summed E-state index contributed by atoms with van der Waals surface area (Å²) >= 11 is 0. The van der Waals surface area contributed by atoms with Crippen LogP contribution in [0, 0.1) is 17.8 Å². The van der Waals surface area contributed by atoms with E-state index in [1.54, 1.807) is 0 Å². The fourth-order valence-corrected chi connectivity index (χ4v) is 3.05. The normalized spacial score (nSPS) is 27.6. The lowest BCUT2D eigenvalue weighted by atomic mass is 9.73. The Labute approximate surface area is 130 Å². The molecule has 0 spiro atoms. The summed E-state index contributed by atoms with van der Waals surface area (Å²) in [4.78, 5) is 0. The van der Waals surface area contributed by atoms with Gasteiger partial charge in [-0.15, -0.1) is 0 Å². The van der Waals surface area contributed by atoms with Crippen molar-refractivity contribution >= 4 is 5.57 Å². The lowest BCUT2D eigenvalue weighted by Crippen LogP contribution is -2.22. The first kappa shape index (κ1) is 16.0. The number of benzene rings is 1. The Balaban J connectivity index is 2.09. The smallest absolute Gasteiger partial charge is 0.00702 e. The predicted octanol–water partition coefficient (Wildman–Crippen LogP) is 4.92. The van der Waals surface area contributed by atoms with Crippen LogP contribution in [0.4, 0.5) is 0 Å². The molecule has 0 saturated heterocycles. The van der Waals surface area contributed by atoms with Gasteiger partial charge in [0.15, 0.2) is 0 Å². The van der Waals surface area contributed by atoms with Gasteiger partial charge < -0.3 is 5.32 Å². The van der Waals surface area contributed by atoms with Crippen molar-refractivity contribution in [2.24, 2.45) is 17.8 Å². The number of hydrogen-bond donors (Lipinski definition) is 1. The maximum absolute atomic E-state index is 3.29. The topological polar surface area (TPSA) is 12.0 Å². The average molecular weight is 283 g/mol. The van der Waals surface area contributed by atoms with E-state index in [1.165, 1.54) is 17.6 Å². The molecule has 1 aliphatic carbocycles. The molecule has 0 heterocycles. The zero-order chi connectivity index (χ0) is 15.2. The van der Waals surface area contributed by atoms with Crippen LogP contribution in [0.2, 0.25) is 0 Å². The molecule has 114 valence electrons. The van der Waals surface area contributed by atoms with Crippen molar-refractivity contribution in [1.82, 2.24) is 5.32 Å². The highest BCUT2D eigenvalue weighted by molar-refractivity contribution is 5.67. The first-order chi connectivity index (χ1) is 10.1. The number of hydrogen-bond acceptors (Lipinski definition) is 1. The van der Waals surface area contributed by atoms with E-state index in [9.17, 15) is 0 Å². The van der Waals surface area contributed by atoms with Crippen LogP contribution in [0.15, 0.2) is 48.6 Å². The van der Waals surface area contributed by atoms with E-state index in [0.29, 0.717) is 17.9 Å². The van der Waals surface area contributed by atoms with E-state index >= 15 is 0 Å². The minimum Gasteiger partial charge on any atom is -0.317 e. The highest BCUT2D eigenvalue weighted by Gasteiger charge is 2.26. The quantitative estimate of drug-likeness (QED) is 0.757. The number of nitrogens with one attached hydrogen (secondary N) is 1. The molecule has 0 fully saturated rings. The van der Waals surface area contributed by atoms with Crippen molar-refractivity contribution in [2.45, 2.75) is 39.7 Å². The lowest BCUT2D eigenvalue weighted by Gasteiger charge is -2.32. The molecule has 0 aliphatic heterocycles. The van der Waals surface area contributed by atoms with Crippen molar-refractivity contribution in [1.29, 1.82) is 0 Å². The largest absolute Gasteiger partial charge is 0.317 e. The Morgan fingerprint density at radius 2 is 1.95 bits per heavy atom. The second-order valence-corrected chi connectivity index (χ2v) is 6.50. The Morgan fingerprint density at radius 1 is 1.24 bits per heavy atom. The molecule has 21 heavy (non-hydrogen) atoms. The zero-order valence-electron chi connectivity index (χ0n) is 13.8. The van der Waals surface area contributed by atoms with E-state index in [1.807, 2.05) is 7.05 Å². The average Bonchev–Trinajstić information content (AvgIpc) is 2.51.